The van der Waals surface area contributed by atoms with Gasteiger partial charge in [-0.2, -0.15) is 0 Å². The largest absolute Gasteiger partial charge is 0.359 e. The van der Waals surface area contributed by atoms with E-state index in [1.165, 1.54) is 62.2 Å². The van der Waals surface area contributed by atoms with Crippen molar-refractivity contribution in [2.45, 2.75) is 61.3 Å². The van der Waals surface area contributed by atoms with E-state index in [9.17, 15) is 0 Å². The molecule has 2 heteroatoms. The summed E-state index contributed by atoms with van der Waals surface area (Å²) in [6.45, 7) is 14.8. The van der Waals surface area contributed by atoms with Gasteiger partial charge in [0.2, 0.25) is 0 Å². The highest BCUT2D eigenvalue weighted by Gasteiger charge is 2.12. The minimum Gasteiger partial charge on any atom is -0.359 e. The van der Waals surface area contributed by atoms with Crippen molar-refractivity contribution in [2.24, 2.45) is 11.8 Å². The van der Waals surface area contributed by atoms with E-state index in [1.54, 1.807) is 0 Å². The minimum absolute atomic E-state index is 0.506. The number of fused-ring (bicyclic) bond motifs is 3. The second-order valence-corrected chi connectivity index (χ2v) is 15.4. The molecule has 6 aromatic rings. The van der Waals surface area contributed by atoms with E-state index in [1.807, 2.05) is 45.1 Å². The number of hydrogen-bond acceptors (Lipinski definition) is 2. The fraction of sp³-hybridized carbons (Fsp3) is 0.186. The fourth-order valence-electron chi connectivity index (χ4n) is 7.07. The molecule has 310 valence electrons. The van der Waals surface area contributed by atoms with Crippen LogP contribution in [-0.4, -0.2) is 0 Å². The Morgan fingerprint density at radius 3 is 1.79 bits per heavy atom. The van der Waals surface area contributed by atoms with Gasteiger partial charge in [-0.25, -0.2) is 0 Å². The van der Waals surface area contributed by atoms with Gasteiger partial charge in [0, 0.05) is 28.3 Å². The average molecular weight is 801 g/mol. The highest BCUT2D eigenvalue weighted by Crippen LogP contribution is 2.36. The third-order valence-corrected chi connectivity index (χ3v) is 10.3. The van der Waals surface area contributed by atoms with Gasteiger partial charge >= 0.3 is 0 Å². The van der Waals surface area contributed by atoms with Gasteiger partial charge in [0.15, 0.2) is 0 Å². The SMILES string of the molecule is C/C=C\C=C/c1ccc(Nc2ccc(-c3ccccc3)cc2)cc1.CC.CC1=CC(C)C/C=C\c2ccccc2-c2cc(-c3ccccc3)ccc2N1.CC1=CCC(C)C=C1. The molecule has 2 aliphatic rings. The van der Waals surface area contributed by atoms with E-state index >= 15 is 0 Å². The topological polar surface area (TPSA) is 24.1 Å². The van der Waals surface area contributed by atoms with Crippen molar-refractivity contribution in [2.75, 3.05) is 10.6 Å². The fourth-order valence-corrected chi connectivity index (χ4v) is 7.07. The van der Waals surface area contributed by atoms with Crippen LogP contribution in [0.1, 0.15) is 72.4 Å². The normalized spacial score (nSPS) is 15.9. The van der Waals surface area contributed by atoms with E-state index in [0.29, 0.717) is 5.92 Å². The summed E-state index contributed by atoms with van der Waals surface area (Å²) >= 11 is 0. The zero-order valence-corrected chi connectivity index (χ0v) is 37.3. The van der Waals surface area contributed by atoms with Gasteiger partial charge in [0.05, 0.1) is 0 Å². The molecule has 61 heavy (non-hydrogen) atoms. The van der Waals surface area contributed by atoms with Crippen LogP contribution in [0.15, 0.2) is 212 Å². The molecule has 1 aliphatic carbocycles. The predicted molar refractivity (Wildman–Crippen MR) is 271 cm³/mol. The summed E-state index contributed by atoms with van der Waals surface area (Å²) in [5, 5.41) is 7.08. The van der Waals surface area contributed by atoms with Crippen LogP contribution in [0.4, 0.5) is 17.1 Å². The van der Waals surface area contributed by atoms with Crippen LogP contribution in [0.5, 0.6) is 0 Å². The van der Waals surface area contributed by atoms with Gasteiger partial charge in [-0.15, -0.1) is 0 Å². The zero-order valence-electron chi connectivity index (χ0n) is 37.3. The van der Waals surface area contributed by atoms with Crippen molar-refractivity contribution in [3.8, 4) is 33.4 Å². The van der Waals surface area contributed by atoms with Crippen molar-refractivity contribution in [3.63, 3.8) is 0 Å². The molecular formula is C59H64N2. The lowest BCUT2D eigenvalue weighted by atomic mass is 9.94. The summed E-state index contributed by atoms with van der Waals surface area (Å²) in [4.78, 5) is 0. The summed E-state index contributed by atoms with van der Waals surface area (Å²) in [5.74, 6) is 1.27. The number of benzene rings is 6. The number of hydrogen-bond donors (Lipinski definition) is 2. The van der Waals surface area contributed by atoms with E-state index in [-0.39, 0.29) is 0 Å². The van der Waals surface area contributed by atoms with Gasteiger partial charge < -0.3 is 10.6 Å². The molecule has 0 aromatic heterocycles. The average Bonchev–Trinajstić information content (AvgIpc) is 3.32. The molecule has 0 spiro atoms. The van der Waals surface area contributed by atoms with Gasteiger partial charge in [-0.1, -0.05) is 209 Å². The molecule has 2 unspecified atom stereocenters. The number of allylic oxidation sites excluding steroid dienone is 10. The predicted octanol–water partition coefficient (Wildman–Crippen LogP) is 17.6. The van der Waals surface area contributed by atoms with Gasteiger partial charge in [-0.05, 0) is 121 Å². The maximum absolute atomic E-state index is 3.64. The first kappa shape index (κ1) is 45.4. The van der Waals surface area contributed by atoms with Crippen molar-refractivity contribution in [1.29, 1.82) is 0 Å². The van der Waals surface area contributed by atoms with Gasteiger partial charge in [-0.3, -0.25) is 0 Å². The standard InChI is InChI=1S/C26H25N.C23H21N.C8H12.C2H6/c1-19-9-8-13-22-12-6-7-14-24(22)25-18-23(21-10-4-3-5-11-21)15-16-26(25)27-20(2)17-19;1-2-3-5-8-19-11-15-22(16-12-19)24-23-17-13-21(14-18-23)20-9-6-4-7-10-20;1-7-3-5-8(2)6-4-7;1-2/h3-8,10-19,27H,9H2,1-2H3;2-18,24H,1H3;3-5,8H,6H2,1-2H3;1-2H3/b13-8-,20-17?;3-2-,8-5-;;. The van der Waals surface area contributed by atoms with Crippen molar-refractivity contribution >= 4 is 29.2 Å². The Bertz CT molecular complexity index is 2410. The number of rotatable bonds is 6. The quantitative estimate of drug-likeness (QED) is 0.164. The summed E-state index contributed by atoms with van der Waals surface area (Å²) in [5.41, 5.74) is 15.8. The Morgan fingerprint density at radius 1 is 0.574 bits per heavy atom. The zero-order chi connectivity index (χ0) is 43.2. The van der Waals surface area contributed by atoms with Crippen LogP contribution >= 0.6 is 0 Å². The monoisotopic (exact) mass is 801 g/mol. The Kier molecular flexibility index (Phi) is 18.2. The van der Waals surface area contributed by atoms with E-state index in [4.69, 9.17) is 0 Å². The first-order valence-electron chi connectivity index (χ1n) is 21.9. The third-order valence-electron chi connectivity index (χ3n) is 10.3. The molecule has 0 amide bonds. The second kappa shape index (κ2) is 24.4. The van der Waals surface area contributed by atoms with Crippen LogP contribution in [-0.2, 0) is 0 Å². The number of nitrogens with one attached hydrogen (secondary N) is 2. The lowest BCUT2D eigenvalue weighted by Crippen LogP contribution is -2.00. The van der Waals surface area contributed by atoms with Crippen molar-refractivity contribution in [1.82, 2.24) is 0 Å². The molecule has 0 bridgehead atoms. The lowest BCUT2D eigenvalue weighted by Gasteiger charge is -2.16. The number of anilines is 3. The molecule has 2 atom stereocenters. The molecule has 0 saturated heterocycles. The van der Waals surface area contributed by atoms with E-state index in [0.717, 1.165) is 29.4 Å². The first-order valence-corrected chi connectivity index (χ1v) is 21.9. The van der Waals surface area contributed by atoms with Crippen molar-refractivity contribution < 1.29 is 0 Å². The highest BCUT2D eigenvalue weighted by molar-refractivity contribution is 5.88. The molecule has 8 rings (SSSR count). The van der Waals surface area contributed by atoms with Gasteiger partial charge in [0.1, 0.15) is 0 Å². The summed E-state index contributed by atoms with van der Waals surface area (Å²) in [7, 11) is 0. The lowest BCUT2D eigenvalue weighted by molar-refractivity contribution is 0.731. The minimum atomic E-state index is 0.506. The summed E-state index contributed by atoms with van der Waals surface area (Å²) in [6, 6.07) is 53.3. The smallest absolute Gasteiger partial charge is 0.0461 e. The molecular weight excluding hydrogens is 737 g/mol. The second-order valence-electron chi connectivity index (χ2n) is 15.4. The third kappa shape index (κ3) is 14.5. The summed E-state index contributed by atoms with van der Waals surface area (Å²) in [6.07, 6.45) is 24.1. The molecule has 0 fully saturated rings. The molecule has 6 aromatic carbocycles. The molecule has 0 saturated carbocycles. The van der Waals surface area contributed by atoms with E-state index < -0.39 is 0 Å². The first-order chi connectivity index (χ1) is 29.8. The molecule has 1 heterocycles. The van der Waals surface area contributed by atoms with Crippen LogP contribution in [0, 0.1) is 11.8 Å². The molecule has 1 aliphatic heterocycles. The maximum atomic E-state index is 3.64. The van der Waals surface area contributed by atoms with Crippen LogP contribution < -0.4 is 10.6 Å². The van der Waals surface area contributed by atoms with Crippen molar-refractivity contribution in [3.05, 3.63) is 223 Å². The Hall–Kier alpha value is -6.64. The Labute approximate surface area is 367 Å². The highest BCUT2D eigenvalue weighted by atomic mass is 14.9. The van der Waals surface area contributed by atoms with Crippen LogP contribution in [0.25, 0.3) is 45.5 Å². The van der Waals surface area contributed by atoms with Crippen LogP contribution in [0.2, 0.25) is 0 Å². The molecule has 0 radical (unpaired) electrons. The maximum Gasteiger partial charge on any atom is 0.0461 e. The Balaban J connectivity index is 0.000000190. The molecule has 2 N–H and O–H groups in total. The van der Waals surface area contributed by atoms with Crippen LogP contribution in [0.3, 0.4) is 0 Å². The summed E-state index contributed by atoms with van der Waals surface area (Å²) < 4.78 is 0. The van der Waals surface area contributed by atoms with Gasteiger partial charge in [0.25, 0.3) is 0 Å². The van der Waals surface area contributed by atoms with E-state index in [2.05, 4.69) is 226 Å². The molecule has 2 nitrogen and oxygen atoms in total. The Morgan fingerprint density at radius 2 is 1.16 bits per heavy atom.